The van der Waals surface area contributed by atoms with Crippen LogP contribution in [0.3, 0.4) is 0 Å². The van der Waals surface area contributed by atoms with E-state index < -0.39 is 64.8 Å². The number of piperidine rings is 1. The summed E-state index contributed by atoms with van der Waals surface area (Å²) in [6.07, 6.45) is -2.66. The van der Waals surface area contributed by atoms with E-state index in [1.165, 1.54) is 14.0 Å². The lowest BCUT2D eigenvalue weighted by Gasteiger charge is -2.69. The predicted octanol–water partition coefficient (Wildman–Crippen LogP) is 1.29. The Morgan fingerprint density at radius 1 is 1.02 bits per heavy atom. The molecule has 6 unspecified atom stereocenters. The first-order valence-corrected chi connectivity index (χ1v) is 15.7. The maximum Gasteiger partial charge on any atom is 0.338 e. The molecule has 2 N–H and O–H groups in total. The van der Waals surface area contributed by atoms with Gasteiger partial charge in [-0.25, -0.2) is 4.79 Å². The van der Waals surface area contributed by atoms with Crippen LogP contribution < -0.4 is 0 Å². The number of likely N-dealkylation sites (tertiary alicyclic amines) is 1. The lowest BCUT2D eigenvalue weighted by atomic mass is 9.43. The number of methoxy groups -OCH3 is 4. The minimum Gasteiger partial charge on any atom is -0.455 e. The van der Waals surface area contributed by atoms with Gasteiger partial charge in [0, 0.05) is 76.5 Å². The highest BCUT2D eigenvalue weighted by molar-refractivity contribution is 5.89. The van der Waals surface area contributed by atoms with Crippen molar-refractivity contribution in [3.05, 3.63) is 35.9 Å². The first kappa shape index (κ1) is 30.5. The summed E-state index contributed by atoms with van der Waals surface area (Å²) in [7, 11) is 8.63. The van der Waals surface area contributed by atoms with E-state index in [4.69, 9.17) is 28.4 Å². The van der Waals surface area contributed by atoms with Crippen molar-refractivity contribution < 1.29 is 48.2 Å². The first-order valence-electron chi connectivity index (χ1n) is 15.7. The van der Waals surface area contributed by atoms with Crippen LogP contribution in [0.2, 0.25) is 0 Å². The minimum atomic E-state index is -1.76. The molecule has 1 spiro atoms. The molecule has 7 rings (SSSR count). The van der Waals surface area contributed by atoms with Gasteiger partial charge in [-0.05, 0) is 44.4 Å². The van der Waals surface area contributed by atoms with Gasteiger partial charge < -0.3 is 43.5 Å². The third-order valence-corrected chi connectivity index (χ3v) is 12.8. The van der Waals surface area contributed by atoms with Gasteiger partial charge in [-0.1, -0.05) is 18.2 Å². The Bertz CT molecular complexity index is 1310. The lowest BCUT2D eigenvalue weighted by Crippen LogP contribution is -2.80. The number of hydrogen-bond acceptors (Lipinski definition) is 11. The first-order chi connectivity index (χ1) is 21.0. The number of nitrogens with zero attached hydrogens (tertiary/aromatic N) is 1. The molecule has 44 heavy (non-hydrogen) atoms. The molecule has 11 nitrogen and oxygen atoms in total. The van der Waals surface area contributed by atoms with Crippen LogP contribution in [0.5, 0.6) is 0 Å². The SMILES string of the molecule is COC[C@]12CC[C@@H](OC)[C@]34C5C[C@@]6(O)[C@H](OC(=O)c7ccccc7)C5[C@@](OC(C)=O)(C(C3N(C)C1)[C@H](OC)C24)C(O)[C@@H]6OC. The normalized spacial score (nSPS) is 49.9. The van der Waals surface area contributed by atoms with Gasteiger partial charge in [-0.2, -0.15) is 0 Å². The van der Waals surface area contributed by atoms with E-state index in [1.807, 2.05) is 6.07 Å². The zero-order chi connectivity index (χ0) is 31.4. The molecule has 242 valence electrons. The zero-order valence-electron chi connectivity index (χ0n) is 26.3. The molecular weight excluding hydrogens is 570 g/mol. The van der Waals surface area contributed by atoms with Crippen LogP contribution >= 0.6 is 0 Å². The molecular formula is C33H45NO10. The Labute approximate surface area is 258 Å². The van der Waals surface area contributed by atoms with E-state index in [0.29, 0.717) is 12.2 Å². The summed E-state index contributed by atoms with van der Waals surface area (Å²) in [5.74, 6) is -2.96. The summed E-state index contributed by atoms with van der Waals surface area (Å²) in [6, 6.07) is 8.39. The largest absolute Gasteiger partial charge is 0.455 e. The highest BCUT2D eigenvalue weighted by Gasteiger charge is 2.91. The molecule has 0 amide bonds. The monoisotopic (exact) mass is 615 g/mol. The molecule has 5 saturated carbocycles. The fourth-order valence-corrected chi connectivity index (χ4v) is 12.3. The molecule has 6 fully saturated rings. The number of benzene rings is 1. The van der Waals surface area contributed by atoms with E-state index >= 15 is 0 Å². The van der Waals surface area contributed by atoms with Crippen molar-refractivity contribution in [2.75, 3.05) is 48.6 Å². The lowest BCUT2D eigenvalue weighted by molar-refractivity contribution is -0.316. The van der Waals surface area contributed by atoms with Crippen molar-refractivity contribution in [2.24, 2.45) is 34.5 Å². The van der Waals surface area contributed by atoms with Crippen LogP contribution in [0.1, 0.15) is 36.5 Å². The second-order valence-electron chi connectivity index (χ2n) is 14.2. The number of esters is 2. The third kappa shape index (κ3) is 3.41. The summed E-state index contributed by atoms with van der Waals surface area (Å²) in [5.41, 5.74) is -3.93. The average Bonchev–Trinajstić information content (AvgIpc) is 3.39. The second-order valence-corrected chi connectivity index (χ2v) is 14.2. The number of aliphatic hydroxyl groups is 2. The van der Waals surface area contributed by atoms with Crippen molar-refractivity contribution in [1.82, 2.24) is 4.90 Å². The van der Waals surface area contributed by atoms with Gasteiger partial charge in [0.05, 0.1) is 24.4 Å². The maximum atomic E-state index is 13.7. The third-order valence-electron chi connectivity index (χ3n) is 12.8. The molecule has 0 radical (unpaired) electrons. The number of fused-ring (bicyclic) bond motifs is 2. The van der Waals surface area contributed by atoms with Crippen molar-refractivity contribution in [1.29, 1.82) is 0 Å². The molecule has 0 aromatic heterocycles. The summed E-state index contributed by atoms with van der Waals surface area (Å²) >= 11 is 0. The van der Waals surface area contributed by atoms with E-state index in [9.17, 15) is 19.8 Å². The van der Waals surface area contributed by atoms with E-state index in [-0.39, 0.29) is 35.8 Å². The van der Waals surface area contributed by atoms with Crippen molar-refractivity contribution >= 4 is 11.9 Å². The molecule has 6 aliphatic rings. The molecule has 1 aliphatic heterocycles. The van der Waals surface area contributed by atoms with Gasteiger partial charge in [0.1, 0.15) is 23.9 Å². The topological polar surface area (TPSA) is 133 Å². The van der Waals surface area contributed by atoms with Crippen LogP contribution in [-0.4, -0.2) is 123 Å². The van der Waals surface area contributed by atoms with E-state index in [0.717, 1.165) is 19.4 Å². The molecule has 11 heteroatoms. The fraction of sp³-hybridized carbons (Fsp3) is 0.758. The molecule has 1 aromatic carbocycles. The van der Waals surface area contributed by atoms with Crippen LogP contribution in [0.15, 0.2) is 30.3 Å². The molecule has 5 aliphatic carbocycles. The number of ether oxygens (including phenoxy) is 6. The fourth-order valence-electron chi connectivity index (χ4n) is 12.3. The van der Waals surface area contributed by atoms with Crippen LogP contribution in [0, 0.1) is 34.5 Å². The van der Waals surface area contributed by atoms with E-state index in [2.05, 4.69) is 11.9 Å². The quantitative estimate of drug-likeness (QED) is 0.410. The molecule has 7 bridgehead atoms. The van der Waals surface area contributed by atoms with Crippen molar-refractivity contribution in [3.63, 3.8) is 0 Å². The van der Waals surface area contributed by atoms with E-state index in [1.54, 1.807) is 45.6 Å². The second kappa shape index (κ2) is 10.2. The maximum absolute atomic E-state index is 13.7. The Hall–Kier alpha value is -2.12. The minimum absolute atomic E-state index is 0.103. The summed E-state index contributed by atoms with van der Waals surface area (Å²) in [5, 5.41) is 25.1. The number of rotatable bonds is 8. The van der Waals surface area contributed by atoms with Crippen LogP contribution in [-0.2, 0) is 33.2 Å². The molecule has 14 atom stereocenters. The smallest absolute Gasteiger partial charge is 0.338 e. The Morgan fingerprint density at radius 2 is 1.75 bits per heavy atom. The molecule has 1 saturated heterocycles. The van der Waals surface area contributed by atoms with Gasteiger partial charge in [-0.3, -0.25) is 4.79 Å². The highest BCUT2D eigenvalue weighted by Crippen LogP contribution is 2.80. The molecule has 1 heterocycles. The van der Waals surface area contributed by atoms with Gasteiger partial charge in [0.15, 0.2) is 5.60 Å². The number of carbonyl (C=O) groups is 2. The Balaban J connectivity index is 1.51. The number of aliphatic hydroxyl groups excluding tert-OH is 1. The van der Waals surface area contributed by atoms with Gasteiger partial charge in [0.25, 0.3) is 0 Å². The Morgan fingerprint density at radius 3 is 2.36 bits per heavy atom. The van der Waals surface area contributed by atoms with Gasteiger partial charge in [-0.15, -0.1) is 0 Å². The van der Waals surface area contributed by atoms with Crippen LogP contribution in [0.4, 0.5) is 0 Å². The molecule has 1 aromatic rings. The van der Waals surface area contributed by atoms with Gasteiger partial charge >= 0.3 is 11.9 Å². The standard InChI is InChI=1S/C33H45NO10/c1-17(35)44-33-21-19(14-31(38,28(42-6)26(33)36)27(21)43-29(37)18-10-8-7-9-11-18)32-20(40-4)12-13-30(16-39-3)15-34(2)25(32)22(33)23(41-5)24(30)32/h7-11,19-28,36,38H,12-16H2,1-6H3/t19?,20-,21?,22?,23+,24?,25?,26?,27-,28+,30+,31-,32+,33-/m1/s1. The summed E-state index contributed by atoms with van der Waals surface area (Å²) < 4.78 is 37.5. The van der Waals surface area contributed by atoms with Crippen molar-refractivity contribution in [3.8, 4) is 0 Å². The average molecular weight is 616 g/mol. The summed E-state index contributed by atoms with van der Waals surface area (Å²) in [4.78, 5) is 29.2. The summed E-state index contributed by atoms with van der Waals surface area (Å²) in [6.45, 7) is 2.56. The van der Waals surface area contributed by atoms with Crippen LogP contribution in [0.25, 0.3) is 0 Å². The van der Waals surface area contributed by atoms with Gasteiger partial charge in [0.2, 0.25) is 0 Å². The zero-order valence-corrected chi connectivity index (χ0v) is 26.3. The van der Waals surface area contributed by atoms with Crippen molar-refractivity contribution in [2.45, 2.75) is 73.9 Å². The highest BCUT2D eigenvalue weighted by atomic mass is 16.6. The predicted molar refractivity (Wildman–Crippen MR) is 154 cm³/mol. The number of carbonyl (C=O) groups excluding carboxylic acids is 2. The Kier molecular flexibility index (Phi) is 7.07. The number of hydrogen-bond donors (Lipinski definition) is 2.